The first kappa shape index (κ1) is 16.5. The summed E-state index contributed by atoms with van der Waals surface area (Å²) in [6, 6.07) is 3.30. The first-order chi connectivity index (χ1) is 10.7. The summed E-state index contributed by atoms with van der Waals surface area (Å²) < 4.78 is 11.9. The molecule has 2 rings (SSSR count). The molecule has 0 N–H and O–H groups in total. The first-order valence-corrected chi connectivity index (χ1v) is 7.74. The maximum atomic E-state index is 12.3. The molecule has 1 aromatic rings. The van der Waals surface area contributed by atoms with Gasteiger partial charge in [0.1, 0.15) is 6.54 Å². The average Bonchev–Trinajstić information content (AvgIpc) is 2.98. The molecule has 0 bridgehead atoms. The van der Waals surface area contributed by atoms with Crippen LogP contribution in [-0.4, -0.2) is 48.8 Å². The Morgan fingerprint density at radius 2 is 2.27 bits per heavy atom. The lowest BCUT2D eigenvalue weighted by molar-refractivity contribution is -0.131. The minimum absolute atomic E-state index is 0.0339. The van der Waals surface area contributed by atoms with E-state index in [4.69, 9.17) is 9.47 Å². The summed E-state index contributed by atoms with van der Waals surface area (Å²) >= 11 is 0. The Hall–Kier alpha value is -1.82. The quantitative estimate of drug-likeness (QED) is 0.709. The van der Waals surface area contributed by atoms with Crippen molar-refractivity contribution in [2.75, 3.05) is 33.4 Å². The second-order valence-electron chi connectivity index (χ2n) is 5.58. The zero-order valence-electron chi connectivity index (χ0n) is 13.3. The van der Waals surface area contributed by atoms with Crippen LogP contribution in [0.3, 0.4) is 0 Å². The van der Waals surface area contributed by atoms with E-state index in [2.05, 4.69) is 6.92 Å². The molecule has 0 spiro atoms. The average molecular weight is 308 g/mol. The Morgan fingerprint density at radius 1 is 1.45 bits per heavy atom. The molecule has 1 saturated heterocycles. The van der Waals surface area contributed by atoms with E-state index in [-0.39, 0.29) is 23.8 Å². The molecule has 22 heavy (non-hydrogen) atoms. The normalized spacial score (nSPS) is 17.7. The Labute approximate surface area is 130 Å². The molecule has 2 heterocycles. The monoisotopic (exact) mass is 308 g/mol. The van der Waals surface area contributed by atoms with Crippen molar-refractivity contribution >= 4 is 5.91 Å². The predicted molar refractivity (Wildman–Crippen MR) is 83.1 cm³/mol. The van der Waals surface area contributed by atoms with Crippen molar-refractivity contribution in [2.24, 2.45) is 5.92 Å². The van der Waals surface area contributed by atoms with Gasteiger partial charge in [0, 0.05) is 31.8 Å². The highest BCUT2D eigenvalue weighted by Gasteiger charge is 2.26. The van der Waals surface area contributed by atoms with Gasteiger partial charge in [-0.25, -0.2) is 0 Å². The molecule has 1 aliphatic heterocycles. The molecule has 1 fully saturated rings. The molecule has 6 heteroatoms. The number of carbonyl (C=O) groups excluding carboxylic acids is 1. The SMILES string of the molecule is CCCOC[C@H]1CCN(C(=O)Cn2cccc(OC)c2=O)C1. The van der Waals surface area contributed by atoms with Crippen LogP contribution in [-0.2, 0) is 16.1 Å². The van der Waals surface area contributed by atoms with E-state index in [1.807, 2.05) is 4.90 Å². The van der Waals surface area contributed by atoms with E-state index in [0.29, 0.717) is 19.1 Å². The number of likely N-dealkylation sites (tertiary alicyclic amines) is 1. The number of methoxy groups -OCH3 is 1. The zero-order valence-corrected chi connectivity index (χ0v) is 13.3. The fourth-order valence-corrected chi connectivity index (χ4v) is 2.63. The van der Waals surface area contributed by atoms with Crippen molar-refractivity contribution in [1.29, 1.82) is 0 Å². The third-order valence-corrected chi connectivity index (χ3v) is 3.85. The van der Waals surface area contributed by atoms with Gasteiger partial charge in [-0.2, -0.15) is 0 Å². The van der Waals surface area contributed by atoms with Crippen molar-refractivity contribution in [3.05, 3.63) is 28.7 Å². The minimum Gasteiger partial charge on any atom is -0.491 e. The van der Waals surface area contributed by atoms with Crippen LogP contribution in [0.5, 0.6) is 5.75 Å². The summed E-state index contributed by atoms with van der Waals surface area (Å²) in [5.41, 5.74) is -0.277. The Morgan fingerprint density at radius 3 is 3.00 bits per heavy atom. The van der Waals surface area contributed by atoms with Crippen LogP contribution in [0.15, 0.2) is 23.1 Å². The lowest BCUT2D eigenvalue weighted by Crippen LogP contribution is -2.35. The summed E-state index contributed by atoms with van der Waals surface area (Å²) in [5, 5.41) is 0. The van der Waals surface area contributed by atoms with E-state index in [0.717, 1.165) is 26.0 Å². The van der Waals surface area contributed by atoms with E-state index >= 15 is 0 Å². The fraction of sp³-hybridized carbons (Fsp3) is 0.625. The highest BCUT2D eigenvalue weighted by molar-refractivity contribution is 5.76. The largest absolute Gasteiger partial charge is 0.491 e. The smallest absolute Gasteiger partial charge is 0.293 e. The Bertz CT molecular complexity index is 555. The van der Waals surface area contributed by atoms with Gasteiger partial charge in [-0.3, -0.25) is 9.59 Å². The molecular weight excluding hydrogens is 284 g/mol. The number of hydrogen-bond acceptors (Lipinski definition) is 4. The highest BCUT2D eigenvalue weighted by atomic mass is 16.5. The molecule has 0 radical (unpaired) electrons. The maximum absolute atomic E-state index is 12.3. The van der Waals surface area contributed by atoms with Crippen LogP contribution >= 0.6 is 0 Å². The molecule has 1 atom stereocenters. The molecule has 6 nitrogen and oxygen atoms in total. The Balaban J connectivity index is 1.90. The lowest BCUT2D eigenvalue weighted by atomic mass is 10.1. The molecule has 0 aliphatic carbocycles. The summed E-state index contributed by atoms with van der Waals surface area (Å²) in [4.78, 5) is 26.2. The van der Waals surface area contributed by atoms with Crippen molar-refractivity contribution in [3.8, 4) is 5.75 Å². The van der Waals surface area contributed by atoms with E-state index in [9.17, 15) is 9.59 Å². The standard InChI is InChI=1S/C16H24N2O4/c1-3-9-22-12-13-6-8-17(10-13)15(19)11-18-7-4-5-14(21-2)16(18)20/h4-5,7,13H,3,6,8-12H2,1-2H3/t13-/m0/s1. The minimum atomic E-state index is -0.277. The molecule has 1 amide bonds. The number of carbonyl (C=O) groups is 1. The highest BCUT2D eigenvalue weighted by Crippen LogP contribution is 2.17. The van der Waals surface area contributed by atoms with Gasteiger partial charge in [0.05, 0.1) is 13.7 Å². The molecule has 0 unspecified atom stereocenters. The van der Waals surface area contributed by atoms with Crippen molar-refractivity contribution in [1.82, 2.24) is 9.47 Å². The van der Waals surface area contributed by atoms with Gasteiger partial charge in [0.2, 0.25) is 5.91 Å². The van der Waals surface area contributed by atoms with Crippen LogP contribution in [0.1, 0.15) is 19.8 Å². The third kappa shape index (κ3) is 4.10. The Kier molecular flexibility index (Phi) is 6.00. The predicted octanol–water partition coefficient (Wildman–Crippen LogP) is 1.13. The number of ether oxygens (including phenoxy) is 2. The number of hydrogen-bond donors (Lipinski definition) is 0. The summed E-state index contributed by atoms with van der Waals surface area (Å²) in [6.45, 7) is 5.05. The van der Waals surface area contributed by atoms with Gasteiger partial charge in [-0.15, -0.1) is 0 Å². The van der Waals surface area contributed by atoms with Crippen LogP contribution in [0.25, 0.3) is 0 Å². The second-order valence-corrected chi connectivity index (χ2v) is 5.58. The van der Waals surface area contributed by atoms with Crippen LogP contribution in [0, 0.1) is 5.92 Å². The zero-order chi connectivity index (χ0) is 15.9. The van der Waals surface area contributed by atoms with Crippen molar-refractivity contribution in [2.45, 2.75) is 26.3 Å². The van der Waals surface area contributed by atoms with Crippen molar-refractivity contribution in [3.63, 3.8) is 0 Å². The van der Waals surface area contributed by atoms with E-state index in [1.165, 1.54) is 11.7 Å². The lowest BCUT2D eigenvalue weighted by Gasteiger charge is -2.17. The van der Waals surface area contributed by atoms with Gasteiger partial charge in [-0.05, 0) is 25.0 Å². The molecular formula is C16H24N2O4. The first-order valence-electron chi connectivity index (χ1n) is 7.74. The van der Waals surface area contributed by atoms with Crippen LogP contribution in [0.4, 0.5) is 0 Å². The second kappa shape index (κ2) is 7.98. The van der Waals surface area contributed by atoms with Gasteiger partial charge >= 0.3 is 0 Å². The number of nitrogens with zero attached hydrogens (tertiary/aromatic N) is 2. The molecule has 1 aliphatic rings. The molecule has 122 valence electrons. The topological polar surface area (TPSA) is 60.8 Å². The molecule has 0 aromatic carbocycles. The number of aromatic nitrogens is 1. The summed E-state index contributed by atoms with van der Waals surface area (Å²) in [5.74, 6) is 0.619. The van der Waals surface area contributed by atoms with Gasteiger partial charge in [0.25, 0.3) is 5.56 Å². The summed E-state index contributed by atoms with van der Waals surface area (Å²) in [7, 11) is 1.45. The maximum Gasteiger partial charge on any atom is 0.293 e. The van der Waals surface area contributed by atoms with Crippen LogP contribution < -0.4 is 10.3 Å². The van der Waals surface area contributed by atoms with Crippen LogP contribution in [0.2, 0.25) is 0 Å². The van der Waals surface area contributed by atoms with Gasteiger partial charge in [-0.1, -0.05) is 6.92 Å². The van der Waals surface area contributed by atoms with Crippen molar-refractivity contribution < 1.29 is 14.3 Å². The van der Waals surface area contributed by atoms with Gasteiger partial charge < -0.3 is 18.9 Å². The number of rotatable bonds is 7. The van der Waals surface area contributed by atoms with E-state index in [1.54, 1.807) is 18.3 Å². The fourth-order valence-electron chi connectivity index (χ4n) is 2.63. The van der Waals surface area contributed by atoms with Gasteiger partial charge in [0.15, 0.2) is 5.75 Å². The number of pyridine rings is 1. The number of amides is 1. The third-order valence-electron chi connectivity index (χ3n) is 3.85. The molecule has 0 saturated carbocycles. The molecule has 1 aromatic heterocycles. The van der Waals surface area contributed by atoms with E-state index < -0.39 is 0 Å². The summed E-state index contributed by atoms with van der Waals surface area (Å²) in [6.07, 6.45) is 3.58.